The summed E-state index contributed by atoms with van der Waals surface area (Å²) in [7, 11) is 0. The van der Waals surface area contributed by atoms with Crippen LogP contribution < -0.4 is 15.5 Å². The molecule has 1 atom stereocenters. The van der Waals surface area contributed by atoms with Crippen molar-refractivity contribution in [2.24, 2.45) is 0 Å². The zero-order valence-corrected chi connectivity index (χ0v) is 15.3. The first kappa shape index (κ1) is 19.9. The molecule has 4 N–H and O–H groups in total. The number of hydrogen-bond donors (Lipinski definition) is 4. The Labute approximate surface area is 161 Å². The second kappa shape index (κ2) is 9.36. The first-order valence-corrected chi connectivity index (χ1v) is 9.07. The van der Waals surface area contributed by atoms with Gasteiger partial charge < -0.3 is 29.8 Å². The quantitative estimate of drug-likeness (QED) is 0.416. The number of hydrogen-bond acceptors (Lipinski definition) is 7. The van der Waals surface area contributed by atoms with E-state index >= 15 is 0 Å². The molecule has 0 saturated carbocycles. The van der Waals surface area contributed by atoms with Crippen LogP contribution in [0.4, 0.5) is 0 Å². The Bertz CT molecular complexity index is 970. The lowest BCUT2D eigenvalue weighted by Crippen LogP contribution is -2.32. The van der Waals surface area contributed by atoms with Gasteiger partial charge in [0.1, 0.15) is 40.9 Å². The van der Waals surface area contributed by atoms with Crippen LogP contribution in [0.15, 0.2) is 57.7 Å². The average molecular weight is 385 g/mol. The van der Waals surface area contributed by atoms with Crippen molar-refractivity contribution in [1.29, 1.82) is 0 Å². The minimum atomic E-state index is -0.765. The van der Waals surface area contributed by atoms with Crippen molar-refractivity contribution in [2.45, 2.75) is 12.5 Å². The summed E-state index contributed by atoms with van der Waals surface area (Å²) < 4.78 is 11.3. The molecule has 0 aliphatic rings. The van der Waals surface area contributed by atoms with Gasteiger partial charge in [0.05, 0.1) is 0 Å². The summed E-state index contributed by atoms with van der Waals surface area (Å²) in [5, 5.41) is 32.0. The van der Waals surface area contributed by atoms with Crippen molar-refractivity contribution < 1.29 is 24.5 Å². The number of rotatable bonds is 9. The molecule has 1 unspecified atom stereocenters. The average Bonchev–Trinajstić information content (AvgIpc) is 2.69. The van der Waals surface area contributed by atoms with Gasteiger partial charge in [0.25, 0.3) is 0 Å². The molecule has 7 heteroatoms. The number of phenols is 1. The van der Waals surface area contributed by atoms with Crippen LogP contribution in [0.2, 0.25) is 0 Å². The number of phenolic OH excluding ortho intramolecular Hbond substituents is 1. The predicted octanol–water partition coefficient (Wildman–Crippen LogP) is 1.88. The van der Waals surface area contributed by atoms with Gasteiger partial charge in [-0.25, -0.2) is 0 Å². The fraction of sp³-hybridized carbons (Fsp3) is 0.286. The fourth-order valence-electron chi connectivity index (χ4n) is 2.80. The topological polar surface area (TPSA) is 112 Å². The Morgan fingerprint density at radius 1 is 1.14 bits per heavy atom. The number of fused-ring (bicyclic) bond motifs is 1. The third-order valence-corrected chi connectivity index (χ3v) is 4.18. The van der Waals surface area contributed by atoms with E-state index in [1.807, 2.05) is 30.3 Å². The molecule has 0 radical (unpaired) electrons. The number of ether oxygens (including phenoxy) is 1. The molecule has 148 valence electrons. The maximum absolute atomic E-state index is 12.4. The second-order valence-electron chi connectivity index (χ2n) is 6.40. The highest BCUT2D eigenvalue weighted by Gasteiger charge is 2.13. The van der Waals surface area contributed by atoms with Crippen molar-refractivity contribution in [3.63, 3.8) is 0 Å². The monoisotopic (exact) mass is 385 g/mol. The molecule has 2 aromatic carbocycles. The Balaban J connectivity index is 1.78. The van der Waals surface area contributed by atoms with Crippen LogP contribution in [0, 0.1) is 0 Å². The first-order valence-electron chi connectivity index (χ1n) is 9.07. The third kappa shape index (κ3) is 4.89. The van der Waals surface area contributed by atoms with Gasteiger partial charge in [0.15, 0.2) is 5.43 Å². The minimum Gasteiger partial charge on any atom is -0.507 e. The summed E-state index contributed by atoms with van der Waals surface area (Å²) in [5.41, 5.74) is 0.603. The number of aliphatic hydroxyl groups excluding tert-OH is 2. The third-order valence-electron chi connectivity index (χ3n) is 4.18. The molecule has 3 aromatic rings. The molecular formula is C21H23NO6. The summed E-state index contributed by atoms with van der Waals surface area (Å²) in [6.45, 7) is 0.996. The standard InChI is InChI=1S/C21H23NO6/c23-8-4-7-22-12-15(24)13-27-16-9-17(25)21-18(26)11-19(28-20(21)10-16)14-5-2-1-3-6-14/h1-3,5-6,9-11,15,22-25H,4,7-8,12-13H2. The van der Waals surface area contributed by atoms with Crippen molar-refractivity contribution in [3.05, 3.63) is 58.8 Å². The summed E-state index contributed by atoms with van der Waals surface area (Å²) in [5.74, 6) is 0.437. The fourth-order valence-corrected chi connectivity index (χ4v) is 2.80. The van der Waals surface area contributed by atoms with E-state index in [-0.39, 0.29) is 41.1 Å². The Kier molecular flexibility index (Phi) is 6.65. The zero-order valence-electron chi connectivity index (χ0n) is 15.3. The van der Waals surface area contributed by atoms with E-state index in [1.54, 1.807) is 0 Å². The van der Waals surface area contributed by atoms with Gasteiger partial charge in [0.2, 0.25) is 0 Å². The van der Waals surface area contributed by atoms with E-state index in [0.29, 0.717) is 25.3 Å². The predicted molar refractivity (Wildman–Crippen MR) is 106 cm³/mol. The zero-order chi connectivity index (χ0) is 19.9. The highest BCUT2D eigenvalue weighted by atomic mass is 16.5. The van der Waals surface area contributed by atoms with Gasteiger partial charge in [-0.2, -0.15) is 0 Å². The lowest BCUT2D eigenvalue weighted by atomic mass is 10.1. The SMILES string of the molecule is O=c1cc(-c2ccccc2)oc2cc(OCC(O)CNCCCO)cc(O)c12. The van der Waals surface area contributed by atoms with E-state index in [1.165, 1.54) is 18.2 Å². The number of benzene rings is 2. The van der Waals surface area contributed by atoms with E-state index in [2.05, 4.69) is 5.32 Å². The highest BCUT2D eigenvalue weighted by Crippen LogP contribution is 2.31. The van der Waals surface area contributed by atoms with Gasteiger partial charge >= 0.3 is 0 Å². The van der Waals surface area contributed by atoms with Crippen LogP contribution in [0.5, 0.6) is 11.5 Å². The minimum absolute atomic E-state index is 0.000318. The van der Waals surface area contributed by atoms with E-state index < -0.39 is 6.10 Å². The highest BCUT2D eigenvalue weighted by molar-refractivity contribution is 5.86. The largest absolute Gasteiger partial charge is 0.507 e. The molecule has 0 fully saturated rings. The van der Waals surface area contributed by atoms with Gasteiger partial charge in [-0.1, -0.05) is 30.3 Å². The molecule has 7 nitrogen and oxygen atoms in total. The van der Waals surface area contributed by atoms with Crippen molar-refractivity contribution in [2.75, 3.05) is 26.3 Å². The Morgan fingerprint density at radius 3 is 2.68 bits per heavy atom. The van der Waals surface area contributed by atoms with Crippen LogP contribution in [0.3, 0.4) is 0 Å². The van der Waals surface area contributed by atoms with Gasteiger partial charge in [0, 0.05) is 36.9 Å². The summed E-state index contributed by atoms with van der Waals surface area (Å²) in [6, 6.07) is 13.4. The molecule has 3 rings (SSSR count). The first-order chi connectivity index (χ1) is 13.6. The van der Waals surface area contributed by atoms with Crippen LogP contribution >= 0.6 is 0 Å². The molecule has 1 heterocycles. The molecule has 0 aliphatic heterocycles. The van der Waals surface area contributed by atoms with E-state index in [9.17, 15) is 15.0 Å². The molecule has 0 saturated heterocycles. The molecule has 0 bridgehead atoms. The maximum Gasteiger partial charge on any atom is 0.197 e. The smallest absolute Gasteiger partial charge is 0.197 e. The van der Waals surface area contributed by atoms with Crippen LogP contribution in [-0.4, -0.2) is 47.7 Å². The number of aromatic hydroxyl groups is 1. The molecule has 0 aliphatic carbocycles. The molecule has 0 spiro atoms. The van der Waals surface area contributed by atoms with Gasteiger partial charge in [-0.3, -0.25) is 4.79 Å². The van der Waals surface area contributed by atoms with Crippen LogP contribution in [-0.2, 0) is 0 Å². The summed E-state index contributed by atoms with van der Waals surface area (Å²) in [6.07, 6.45) is -0.159. The number of nitrogens with one attached hydrogen (secondary N) is 1. The maximum atomic E-state index is 12.4. The Morgan fingerprint density at radius 2 is 1.93 bits per heavy atom. The van der Waals surface area contributed by atoms with Crippen molar-refractivity contribution in [3.8, 4) is 22.8 Å². The normalized spacial score (nSPS) is 12.2. The lowest BCUT2D eigenvalue weighted by Gasteiger charge is -2.14. The molecule has 0 amide bonds. The second-order valence-corrected chi connectivity index (χ2v) is 6.40. The van der Waals surface area contributed by atoms with Crippen molar-refractivity contribution >= 4 is 11.0 Å². The van der Waals surface area contributed by atoms with E-state index in [0.717, 1.165) is 5.56 Å². The summed E-state index contributed by atoms with van der Waals surface area (Å²) >= 11 is 0. The van der Waals surface area contributed by atoms with E-state index in [4.69, 9.17) is 14.3 Å². The molecular weight excluding hydrogens is 362 g/mol. The summed E-state index contributed by atoms with van der Waals surface area (Å²) in [4.78, 5) is 12.4. The van der Waals surface area contributed by atoms with Gasteiger partial charge in [-0.05, 0) is 13.0 Å². The lowest BCUT2D eigenvalue weighted by molar-refractivity contribution is 0.106. The van der Waals surface area contributed by atoms with Gasteiger partial charge in [-0.15, -0.1) is 0 Å². The van der Waals surface area contributed by atoms with Crippen LogP contribution in [0.25, 0.3) is 22.3 Å². The number of aliphatic hydroxyl groups is 2. The van der Waals surface area contributed by atoms with Crippen LogP contribution in [0.1, 0.15) is 6.42 Å². The molecule has 28 heavy (non-hydrogen) atoms. The Hall–Kier alpha value is -2.87. The van der Waals surface area contributed by atoms with Crippen molar-refractivity contribution in [1.82, 2.24) is 5.32 Å². The molecule has 1 aromatic heterocycles.